The van der Waals surface area contributed by atoms with E-state index in [2.05, 4.69) is 4.98 Å². The number of carbonyl (C=O) groups is 2. The molecule has 0 amide bonds. The van der Waals surface area contributed by atoms with Crippen LogP contribution in [0.15, 0.2) is 28.6 Å². The number of thioether (sulfide) groups is 1. The van der Waals surface area contributed by atoms with Crippen molar-refractivity contribution in [1.29, 1.82) is 0 Å². The minimum absolute atomic E-state index is 0. The number of rotatable bonds is 6. The van der Waals surface area contributed by atoms with Gasteiger partial charge in [0, 0.05) is 23.6 Å². The van der Waals surface area contributed by atoms with Crippen LogP contribution in [0.25, 0.3) is 10.2 Å². The van der Waals surface area contributed by atoms with Gasteiger partial charge >= 0.3 is 103 Å². The SMILES string of the molecule is O=C([O-])CC(CSc1nc2ccccc2s1)C(=O)[O-].[K+].[K+]. The first kappa shape index (κ1) is 22.7. The maximum absolute atomic E-state index is 10.8. The first-order valence-electron chi connectivity index (χ1n) is 5.45. The van der Waals surface area contributed by atoms with Crippen molar-refractivity contribution in [1.82, 2.24) is 4.98 Å². The third kappa shape index (κ3) is 7.40. The molecule has 1 heterocycles. The van der Waals surface area contributed by atoms with Gasteiger partial charge in [-0.3, -0.25) is 0 Å². The Labute approximate surface area is 215 Å². The summed E-state index contributed by atoms with van der Waals surface area (Å²) in [7, 11) is 0. The average molecular weight is 374 g/mol. The third-order valence-electron chi connectivity index (χ3n) is 2.43. The molecule has 21 heavy (non-hydrogen) atoms. The molecule has 5 nitrogen and oxygen atoms in total. The van der Waals surface area contributed by atoms with Crippen LogP contribution in [0.3, 0.4) is 0 Å². The van der Waals surface area contributed by atoms with Gasteiger partial charge in [-0.1, -0.05) is 23.9 Å². The van der Waals surface area contributed by atoms with E-state index in [9.17, 15) is 19.8 Å². The Balaban J connectivity index is 0.00000200. The fourth-order valence-electron chi connectivity index (χ4n) is 1.50. The van der Waals surface area contributed by atoms with Crippen molar-refractivity contribution >= 4 is 45.3 Å². The van der Waals surface area contributed by atoms with E-state index in [0.717, 1.165) is 10.2 Å². The van der Waals surface area contributed by atoms with Gasteiger partial charge in [-0.05, 0) is 18.6 Å². The van der Waals surface area contributed by atoms with Crippen molar-refractivity contribution in [3.8, 4) is 0 Å². The monoisotopic (exact) mass is 373 g/mol. The summed E-state index contributed by atoms with van der Waals surface area (Å²) in [6.07, 6.45) is -0.541. The van der Waals surface area contributed by atoms with Crippen LogP contribution in [0, 0.1) is 5.92 Å². The summed E-state index contributed by atoms with van der Waals surface area (Å²) < 4.78 is 1.72. The zero-order valence-corrected chi connectivity index (χ0v) is 19.6. The summed E-state index contributed by atoms with van der Waals surface area (Å²) in [5, 5.41) is 21.2. The minimum atomic E-state index is -1.39. The number of carbonyl (C=O) groups excluding carboxylic acids is 2. The summed E-state index contributed by atoms with van der Waals surface area (Å²) in [6.45, 7) is 0. The third-order valence-corrected chi connectivity index (χ3v) is 4.77. The maximum atomic E-state index is 10.8. The van der Waals surface area contributed by atoms with Gasteiger partial charge in [-0.15, -0.1) is 11.3 Å². The van der Waals surface area contributed by atoms with Gasteiger partial charge in [0.2, 0.25) is 0 Å². The van der Waals surface area contributed by atoms with E-state index in [0.29, 0.717) is 4.34 Å². The maximum Gasteiger partial charge on any atom is 1.00 e. The Morgan fingerprint density at radius 3 is 2.48 bits per heavy atom. The van der Waals surface area contributed by atoms with Crippen LogP contribution in [0.5, 0.6) is 0 Å². The Bertz CT molecular complexity index is 587. The molecule has 0 bridgehead atoms. The van der Waals surface area contributed by atoms with Crippen LogP contribution >= 0.6 is 23.1 Å². The summed E-state index contributed by atoms with van der Waals surface area (Å²) >= 11 is 2.67. The molecule has 2 rings (SSSR count). The number of hydrogen-bond donors (Lipinski definition) is 0. The van der Waals surface area contributed by atoms with E-state index in [1.165, 1.54) is 23.1 Å². The molecular weight excluding hydrogens is 364 g/mol. The predicted octanol–water partition coefficient (Wildman–Crippen LogP) is -6.10. The van der Waals surface area contributed by atoms with Gasteiger partial charge < -0.3 is 19.8 Å². The van der Waals surface area contributed by atoms with Gasteiger partial charge in [0.25, 0.3) is 0 Å². The molecule has 1 aromatic heterocycles. The normalized spacial score (nSPS) is 11.2. The van der Waals surface area contributed by atoms with Crippen LogP contribution in [-0.2, 0) is 9.59 Å². The number of aromatic nitrogens is 1. The van der Waals surface area contributed by atoms with Crippen molar-refractivity contribution in [2.45, 2.75) is 10.8 Å². The van der Waals surface area contributed by atoms with E-state index in [1.54, 1.807) is 0 Å². The number of para-hydroxylation sites is 1. The first-order valence-corrected chi connectivity index (χ1v) is 7.25. The largest absolute Gasteiger partial charge is 1.00 e. The van der Waals surface area contributed by atoms with E-state index in [-0.39, 0.29) is 109 Å². The van der Waals surface area contributed by atoms with Crippen LogP contribution < -0.4 is 113 Å². The molecule has 0 N–H and O–H groups in total. The molecule has 2 aromatic rings. The molecule has 0 saturated heterocycles. The molecule has 1 atom stereocenters. The van der Waals surface area contributed by atoms with Crippen molar-refractivity contribution in [2.75, 3.05) is 5.75 Å². The van der Waals surface area contributed by atoms with E-state index in [1.807, 2.05) is 24.3 Å². The molecule has 0 spiro atoms. The molecule has 0 aliphatic heterocycles. The number of carboxylic acid groups (broad SMARTS) is 2. The molecule has 1 unspecified atom stereocenters. The number of carboxylic acids is 2. The van der Waals surface area contributed by atoms with Crippen LogP contribution in [-0.4, -0.2) is 22.7 Å². The van der Waals surface area contributed by atoms with E-state index < -0.39 is 24.3 Å². The zero-order chi connectivity index (χ0) is 13.8. The Morgan fingerprint density at radius 1 is 1.24 bits per heavy atom. The van der Waals surface area contributed by atoms with Gasteiger partial charge in [-0.2, -0.15) is 0 Å². The van der Waals surface area contributed by atoms with Crippen molar-refractivity contribution in [3.05, 3.63) is 24.3 Å². The molecule has 0 saturated carbocycles. The standard InChI is InChI=1S/C12H11NO4S2.2K/c14-10(15)5-7(11(16)17)6-18-12-13-8-3-1-2-4-9(8)19-12;;/h1-4,7H,5-6H2,(H,14,15)(H,16,17);;/q;2*+1/p-2. The second-order valence-corrected chi connectivity index (χ2v) is 6.15. The fourth-order valence-corrected chi connectivity index (χ4v) is 3.66. The van der Waals surface area contributed by atoms with Crippen molar-refractivity contribution < 1.29 is 123 Å². The molecule has 0 radical (unpaired) electrons. The summed E-state index contributed by atoms with van der Waals surface area (Å²) in [5.74, 6) is -3.73. The van der Waals surface area contributed by atoms with Crippen molar-refractivity contribution in [2.24, 2.45) is 5.92 Å². The number of fused-ring (bicyclic) bond motifs is 1. The Hall–Kier alpha value is 1.67. The first-order chi connectivity index (χ1) is 9.06. The van der Waals surface area contributed by atoms with Crippen molar-refractivity contribution in [3.63, 3.8) is 0 Å². The van der Waals surface area contributed by atoms with E-state index >= 15 is 0 Å². The Morgan fingerprint density at radius 2 is 1.90 bits per heavy atom. The number of hydrogen-bond acceptors (Lipinski definition) is 7. The predicted molar refractivity (Wildman–Crippen MR) is 68.5 cm³/mol. The topological polar surface area (TPSA) is 93.2 Å². The summed E-state index contributed by atoms with van der Waals surface area (Å²) in [4.78, 5) is 25.6. The second kappa shape index (κ2) is 11.3. The molecule has 100 valence electrons. The number of aliphatic carboxylic acids is 2. The zero-order valence-electron chi connectivity index (χ0n) is 11.7. The molecular formula is C12H9K2NO4S2. The smallest absolute Gasteiger partial charge is 0.550 e. The molecule has 1 aromatic carbocycles. The number of benzene rings is 1. The number of nitrogens with zero attached hydrogens (tertiary/aromatic N) is 1. The van der Waals surface area contributed by atoms with Crippen LogP contribution in [0.4, 0.5) is 0 Å². The molecule has 0 aliphatic rings. The summed E-state index contributed by atoms with van der Waals surface area (Å²) in [5.41, 5.74) is 0.847. The van der Waals surface area contributed by atoms with Gasteiger partial charge in [0.15, 0.2) is 4.34 Å². The average Bonchev–Trinajstić information content (AvgIpc) is 2.76. The molecule has 0 aliphatic carbocycles. The molecule has 0 fully saturated rings. The van der Waals surface area contributed by atoms with Gasteiger partial charge in [-0.25, -0.2) is 4.98 Å². The van der Waals surface area contributed by atoms with Crippen LogP contribution in [0.2, 0.25) is 0 Å². The van der Waals surface area contributed by atoms with Crippen LogP contribution in [0.1, 0.15) is 6.42 Å². The minimum Gasteiger partial charge on any atom is -0.550 e. The quantitative estimate of drug-likeness (QED) is 0.370. The molecule has 9 heteroatoms. The van der Waals surface area contributed by atoms with E-state index in [4.69, 9.17) is 0 Å². The van der Waals surface area contributed by atoms with Gasteiger partial charge in [0.1, 0.15) is 0 Å². The second-order valence-electron chi connectivity index (χ2n) is 3.85. The summed E-state index contributed by atoms with van der Waals surface area (Å²) in [6, 6.07) is 7.56. The number of thiazole rings is 1. The Kier molecular flexibility index (Phi) is 12.2. The fraction of sp³-hybridized carbons (Fsp3) is 0.250. The van der Waals surface area contributed by atoms with Gasteiger partial charge in [0.05, 0.1) is 10.2 Å².